The minimum atomic E-state index is -1.17. The van der Waals surface area contributed by atoms with Crippen molar-refractivity contribution in [2.75, 3.05) is 0 Å². The number of carboxylic acid groups (broad SMARTS) is 1. The molecule has 2 N–H and O–H groups in total. The molecule has 1 aromatic rings. The molecule has 0 radical (unpaired) electrons. The zero-order chi connectivity index (χ0) is 11.6. The third kappa shape index (κ3) is 2.36. The van der Waals surface area contributed by atoms with Crippen molar-refractivity contribution >= 4 is 5.97 Å². The van der Waals surface area contributed by atoms with Crippen LogP contribution in [0.4, 0.5) is 0 Å². The van der Waals surface area contributed by atoms with Crippen LogP contribution < -0.4 is 0 Å². The lowest BCUT2D eigenvalue weighted by Crippen LogP contribution is -2.31. The SMILES string of the molecule is Cc1ccc([C@@H](O)C(C)(C)C(=O)O)cc1. The number of aliphatic carboxylic acids is 1. The normalized spacial score (nSPS) is 13.6. The number of aliphatic hydroxyl groups excluding tert-OH is 1. The smallest absolute Gasteiger partial charge is 0.312 e. The molecule has 1 rings (SSSR count). The van der Waals surface area contributed by atoms with E-state index in [1.54, 1.807) is 12.1 Å². The molecule has 1 atom stereocenters. The fraction of sp³-hybridized carbons (Fsp3) is 0.417. The van der Waals surface area contributed by atoms with Gasteiger partial charge in [-0.1, -0.05) is 29.8 Å². The van der Waals surface area contributed by atoms with E-state index in [0.29, 0.717) is 5.56 Å². The molecule has 0 fully saturated rings. The molecule has 0 heterocycles. The summed E-state index contributed by atoms with van der Waals surface area (Å²) in [5, 5.41) is 18.9. The molecule has 0 saturated heterocycles. The summed E-state index contributed by atoms with van der Waals surface area (Å²) >= 11 is 0. The minimum Gasteiger partial charge on any atom is -0.481 e. The van der Waals surface area contributed by atoms with E-state index < -0.39 is 17.5 Å². The molecule has 1 aromatic carbocycles. The molecule has 82 valence electrons. The molecule has 0 amide bonds. The number of aliphatic hydroxyl groups is 1. The number of hydrogen-bond donors (Lipinski definition) is 2. The van der Waals surface area contributed by atoms with E-state index >= 15 is 0 Å². The van der Waals surface area contributed by atoms with E-state index in [0.717, 1.165) is 5.56 Å². The first-order valence-corrected chi connectivity index (χ1v) is 4.83. The van der Waals surface area contributed by atoms with Crippen LogP contribution in [0.25, 0.3) is 0 Å². The number of rotatable bonds is 3. The van der Waals surface area contributed by atoms with Crippen LogP contribution in [-0.2, 0) is 4.79 Å². The lowest BCUT2D eigenvalue weighted by atomic mass is 9.82. The van der Waals surface area contributed by atoms with Crippen molar-refractivity contribution in [3.05, 3.63) is 35.4 Å². The maximum atomic E-state index is 10.9. The first kappa shape index (κ1) is 11.7. The van der Waals surface area contributed by atoms with E-state index in [4.69, 9.17) is 5.11 Å². The second-order valence-electron chi connectivity index (χ2n) is 4.34. The summed E-state index contributed by atoms with van der Waals surface area (Å²) in [5.74, 6) is -1.00. The van der Waals surface area contributed by atoms with Crippen molar-refractivity contribution in [1.29, 1.82) is 0 Å². The molecular formula is C12H16O3. The molecule has 0 bridgehead atoms. The molecule has 0 spiro atoms. The Hall–Kier alpha value is -1.35. The van der Waals surface area contributed by atoms with Crippen LogP contribution in [0.15, 0.2) is 24.3 Å². The van der Waals surface area contributed by atoms with Crippen LogP contribution >= 0.6 is 0 Å². The quantitative estimate of drug-likeness (QED) is 0.800. The van der Waals surface area contributed by atoms with Gasteiger partial charge in [-0.3, -0.25) is 4.79 Å². The summed E-state index contributed by atoms with van der Waals surface area (Å²) in [6, 6.07) is 7.22. The Balaban J connectivity index is 2.99. The lowest BCUT2D eigenvalue weighted by molar-refractivity contribution is -0.153. The summed E-state index contributed by atoms with van der Waals surface area (Å²) in [7, 11) is 0. The van der Waals surface area contributed by atoms with Gasteiger partial charge in [-0.05, 0) is 26.3 Å². The summed E-state index contributed by atoms with van der Waals surface area (Å²) in [4.78, 5) is 10.9. The third-order valence-corrected chi connectivity index (χ3v) is 2.63. The predicted molar refractivity (Wildman–Crippen MR) is 57.6 cm³/mol. The Morgan fingerprint density at radius 3 is 2.13 bits per heavy atom. The van der Waals surface area contributed by atoms with Crippen molar-refractivity contribution in [3.63, 3.8) is 0 Å². The standard InChI is InChI=1S/C12H16O3/c1-8-4-6-9(7-5-8)10(13)12(2,3)11(14)15/h4-7,10,13H,1-3H3,(H,14,15)/t10-/m1/s1. The van der Waals surface area contributed by atoms with Gasteiger partial charge < -0.3 is 10.2 Å². The van der Waals surface area contributed by atoms with Gasteiger partial charge in [-0.2, -0.15) is 0 Å². The number of carbonyl (C=O) groups is 1. The third-order valence-electron chi connectivity index (χ3n) is 2.63. The van der Waals surface area contributed by atoms with Crippen molar-refractivity contribution in [1.82, 2.24) is 0 Å². The Morgan fingerprint density at radius 1 is 1.27 bits per heavy atom. The molecule has 0 aliphatic carbocycles. The maximum Gasteiger partial charge on any atom is 0.312 e. The number of carboxylic acids is 1. The number of aryl methyl sites for hydroxylation is 1. The van der Waals surface area contributed by atoms with Gasteiger partial charge >= 0.3 is 5.97 Å². The highest BCUT2D eigenvalue weighted by Crippen LogP contribution is 2.33. The average molecular weight is 208 g/mol. The van der Waals surface area contributed by atoms with Crippen molar-refractivity contribution in [2.24, 2.45) is 5.41 Å². The second kappa shape index (κ2) is 4.03. The Kier molecular flexibility index (Phi) is 3.15. The topological polar surface area (TPSA) is 57.5 Å². The first-order chi connectivity index (χ1) is 6.85. The highest BCUT2D eigenvalue weighted by Gasteiger charge is 2.36. The van der Waals surface area contributed by atoms with Crippen LogP contribution in [0.1, 0.15) is 31.1 Å². The molecular weight excluding hydrogens is 192 g/mol. The van der Waals surface area contributed by atoms with Crippen LogP contribution in [-0.4, -0.2) is 16.2 Å². The van der Waals surface area contributed by atoms with Gasteiger partial charge in [-0.15, -0.1) is 0 Å². The minimum absolute atomic E-state index is 0.632. The van der Waals surface area contributed by atoms with Gasteiger partial charge in [0.05, 0.1) is 11.5 Å². The lowest BCUT2D eigenvalue weighted by Gasteiger charge is -2.26. The van der Waals surface area contributed by atoms with E-state index in [2.05, 4.69) is 0 Å². The Bertz CT molecular complexity index is 352. The number of benzene rings is 1. The molecule has 0 aromatic heterocycles. The monoisotopic (exact) mass is 208 g/mol. The summed E-state index contributed by atoms with van der Waals surface area (Å²) < 4.78 is 0. The summed E-state index contributed by atoms with van der Waals surface area (Å²) in [5.41, 5.74) is 0.544. The maximum absolute atomic E-state index is 10.9. The highest BCUT2D eigenvalue weighted by atomic mass is 16.4. The Labute approximate surface area is 89.4 Å². The predicted octanol–water partition coefficient (Wildman–Crippen LogP) is 2.14. The van der Waals surface area contributed by atoms with Crippen molar-refractivity contribution in [2.45, 2.75) is 26.9 Å². The van der Waals surface area contributed by atoms with E-state index in [-0.39, 0.29) is 0 Å². The largest absolute Gasteiger partial charge is 0.481 e. The van der Waals surface area contributed by atoms with Crippen LogP contribution in [0.3, 0.4) is 0 Å². The van der Waals surface area contributed by atoms with Crippen molar-refractivity contribution in [3.8, 4) is 0 Å². The Morgan fingerprint density at radius 2 is 1.73 bits per heavy atom. The highest BCUT2D eigenvalue weighted by molar-refractivity contribution is 5.74. The molecule has 3 heteroatoms. The molecule has 3 nitrogen and oxygen atoms in total. The van der Waals surface area contributed by atoms with Gasteiger partial charge in [-0.25, -0.2) is 0 Å². The zero-order valence-electron chi connectivity index (χ0n) is 9.19. The van der Waals surface area contributed by atoms with E-state index in [1.807, 2.05) is 19.1 Å². The van der Waals surface area contributed by atoms with Crippen LogP contribution in [0.5, 0.6) is 0 Å². The van der Waals surface area contributed by atoms with Gasteiger partial charge in [0.1, 0.15) is 0 Å². The fourth-order valence-corrected chi connectivity index (χ4v) is 1.28. The van der Waals surface area contributed by atoms with Gasteiger partial charge in [0, 0.05) is 0 Å². The van der Waals surface area contributed by atoms with Gasteiger partial charge in [0.2, 0.25) is 0 Å². The zero-order valence-corrected chi connectivity index (χ0v) is 9.19. The van der Waals surface area contributed by atoms with Crippen LogP contribution in [0, 0.1) is 12.3 Å². The average Bonchev–Trinajstić information content (AvgIpc) is 2.17. The molecule has 0 saturated carbocycles. The number of hydrogen-bond acceptors (Lipinski definition) is 2. The summed E-state index contributed by atoms with van der Waals surface area (Å²) in [6.45, 7) is 4.97. The van der Waals surface area contributed by atoms with Crippen LogP contribution in [0.2, 0.25) is 0 Å². The first-order valence-electron chi connectivity index (χ1n) is 4.83. The fourth-order valence-electron chi connectivity index (χ4n) is 1.28. The van der Waals surface area contributed by atoms with Crippen molar-refractivity contribution < 1.29 is 15.0 Å². The van der Waals surface area contributed by atoms with E-state index in [1.165, 1.54) is 13.8 Å². The molecule has 15 heavy (non-hydrogen) atoms. The van der Waals surface area contributed by atoms with Gasteiger partial charge in [0.25, 0.3) is 0 Å². The second-order valence-corrected chi connectivity index (χ2v) is 4.34. The van der Waals surface area contributed by atoms with E-state index in [9.17, 15) is 9.90 Å². The molecule has 0 unspecified atom stereocenters. The van der Waals surface area contributed by atoms with Gasteiger partial charge in [0.15, 0.2) is 0 Å². The summed E-state index contributed by atoms with van der Waals surface area (Å²) in [6.07, 6.45) is -0.990. The molecule has 0 aliphatic heterocycles. The molecule has 0 aliphatic rings.